The van der Waals surface area contributed by atoms with Gasteiger partial charge in [0.15, 0.2) is 0 Å². The summed E-state index contributed by atoms with van der Waals surface area (Å²) in [6.45, 7) is 2.08. The van der Waals surface area contributed by atoms with Crippen LogP contribution in [0, 0.1) is 5.92 Å². The van der Waals surface area contributed by atoms with E-state index in [1.807, 2.05) is 0 Å². The van der Waals surface area contributed by atoms with Gasteiger partial charge in [0.25, 0.3) is 0 Å². The number of nitrogens with one attached hydrogen (secondary N) is 1. The summed E-state index contributed by atoms with van der Waals surface area (Å²) in [6.07, 6.45) is -1.27. The van der Waals surface area contributed by atoms with E-state index >= 15 is 0 Å². The van der Waals surface area contributed by atoms with Crippen LogP contribution >= 0.6 is 11.6 Å². The fraction of sp³-hybridized carbons (Fsp3) is 0.583. The monoisotopic (exact) mass is 278 g/mol. The van der Waals surface area contributed by atoms with Crippen molar-refractivity contribution in [3.05, 3.63) is 22.8 Å². The summed E-state index contributed by atoms with van der Waals surface area (Å²) in [4.78, 5) is 3.90. The van der Waals surface area contributed by atoms with Crippen molar-refractivity contribution in [1.82, 2.24) is 4.98 Å². The van der Waals surface area contributed by atoms with Crippen LogP contribution < -0.4 is 5.32 Å². The van der Waals surface area contributed by atoms with Crippen molar-refractivity contribution in [2.45, 2.75) is 38.4 Å². The lowest BCUT2D eigenvalue weighted by Crippen LogP contribution is -2.22. The van der Waals surface area contributed by atoms with E-state index in [9.17, 15) is 13.2 Å². The van der Waals surface area contributed by atoms with Gasteiger partial charge in [0.1, 0.15) is 11.0 Å². The summed E-state index contributed by atoms with van der Waals surface area (Å²) >= 11 is 5.63. The van der Waals surface area contributed by atoms with Crippen LogP contribution in [-0.4, -0.2) is 11.0 Å². The highest BCUT2D eigenvalue weighted by Crippen LogP contribution is 2.33. The molecule has 0 aromatic carbocycles. The number of halogens is 4. The Labute approximate surface area is 109 Å². The second kappa shape index (κ2) is 4.96. The van der Waals surface area contributed by atoms with Gasteiger partial charge in [0.05, 0.1) is 5.56 Å². The number of nitrogens with zero attached hydrogens (tertiary/aromatic N) is 1. The van der Waals surface area contributed by atoms with Crippen molar-refractivity contribution >= 4 is 17.4 Å². The fourth-order valence-electron chi connectivity index (χ4n) is 2.28. The lowest BCUT2D eigenvalue weighted by molar-refractivity contribution is -0.137. The van der Waals surface area contributed by atoms with Gasteiger partial charge in [0.2, 0.25) is 0 Å². The number of anilines is 1. The van der Waals surface area contributed by atoms with Gasteiger partial charge in [-0.1, -0.05) is 24.9 Å². The number of hydrogen-bond acceptors (Lipinski definition) is 2. The van der Waals surface area contributed by atoms with Gasteiger partial charge >= 0.3 is 6.18 Å². The zero-order chi connectivity index (χ0) is 13.3. The zero-order valence-corrected chi connectivity index (χ0v) is 10.6. The Kier molecular flexibility index (Phi) is 3.71. The lowest BCUT2D eigenvalue weighted by Gasteiger charge is -2.19. The molecule has 0 radical (unpaired) electrons. The summed E-state index contributed by atoms with van der Waals surface area (Å²) in [5.74, 6) is 0.647. The molecule has 0 amide bonds. The van der Waals surface area contributed by atoms with Crippen molar-refractivity contribution in [2.24, 2.45) is 5.92 Å². The molecule has 2 unspecified atom stereocenters. The molecule has 1 heterocycles. The van der Waals surface area contributed by atoms with E-state index in [1.165, 1.54) is 0 Å². The van der Waals surface area contributed by atoms with Crippen LogP contribution in [0.4, 0.5) is 19.0 Å². The van der Waals surface area contributed by atoms with Crippen LogP contribution in [-0.2, 0) is 6.18 Å². The van der Waals surface area contributed by atoms with Crippen LogP contribution in [0.3, 0.4) is 0 Å². The third kappa shape index (κ3) is 3.07. The van der Waals surface area contributed by atoms with Crippen molar-refractivity contribution in [1.29, 1.82) is 0 Å². The first-order valence-electron chi connectivity index (χ1n) is 5.87. The largest absolute Gasteiger partial charge is 0.416 e. The average molecular weight is 279 g/mol. The maximum atomic E-state index is 12.6. The molecule has 2 rings (SSSR count). The first-order chi connectivity index (χ1) is 8.36. The second-order valence-corrected chi connectivity index (χ2v) is 5.11. The Hall–Kier alpha value is -0.970. The van der Waals surface area contributed by atoms with Crippen molar-refractivity contribution in [2.75, 3.05) is 5.32 Å². The van der Waals surface area contributed by atoms with Crippen LogP contribution in [0.25, 0.3) is 0 Å². The molecule has 1 aromatic heterocycles. The minimum absolute atomic E-state index is 0.141. The highest BCUT2D eigenvalue weighted by Gasteiger charge is 2.32. The van der Waals surface area contributed by atoms with Gasteiger partial charge in [-0.2, -0.15) is 13.2 Å². The fourth-order valence-corrected chi connectivity index (χ4v) is 2.49. The standard InChI is InChI=1S/C12H14ClF3N2/c1-7-3-2-4-9(7)17-11-6-8(12(14,15)16)5-10(13)18-11/h5-7,9H,2-4H2,1H3,(H,17,18). The van der Waals surface area contributed by atoms with Crippen LogP contribution in [0.5, 0.6) is 0 Å². The molecule has 100 valence electrons. The summed E-state index contributed by atoms with van der Waals surface area (Å²) in [6, 6.07) is 2.03. The molecule has 2 nitrogen and oxygen atoms in total. The molecule has 0 saturated heterocycles. The Morgan fingerprint density at radius 2 is 2.06 bits per heavy atom. The first-order valence-corrected chi connectivity index (χ1v) is 6.25. The highest BCUT2D eigenvalue weighted by molar-refractivity contribution is 6.29. The molecule has 1 aliphatic rings. The topological polar surface area (TPSA) is 24.9 Å². The van der Waals surface area contributed by atoms with Crippen LogP contribution in [0.15, 0.2) is 12.1 Å². The molecule has 1 aromatic rings. The number of aromatic nitrogens is 1. The average Bonchev–Trinajstić information content (AvgIpc) is 2.62. The van der Waals surface area contributed by atoms with Gasteiger partial charge in [-0.25, -0.2) is 4.98 Å². The van der Waals surface area contributed by atoms with Crippen LogP contribution in [0.1, 0.15) is 31.7 Å². The zero-order valence-electron chi connectivity index (χ0n) is 9.89. The second-order valence-electron chi connectivity index (χ2n) is 4.72. The molecular weight excluding hydrogens is 265 g/mol. The normalized spacial score (nSPS) is 24.3. The molecule has 2 atom stereocenters. The molecule has 18 heavy (non-hydrogen) atoms. The highest BCUT2D eigenvalue weighted by atomic mass is 35.5. The Morgan fingerprint density at radius 1 is 1.33 bits per heavy atom. The van der Waals surface area contributed by atoms with E-state index < -0.39 is 11.7 Å². The van der Waals surface area contributed by atoms with E-state index in [0.29, 0.717) is 5.92 Å². The van der Waals surface area contributed by atoms with Gasteiger partial charge in [-0.3, -0.25) is 0 Å². The SMILES string of the molecule is CC1CCCC1Nc1cc(C(F)(F)F)cc(Cl)n1. The van der Waals surface area contributed by atoms with Crippen molar-refractivity contribution in [3.63, 3.8) is 0 Å². The smallest absolute Gasteiger partial charge is 0.367 e. The number of rotatable bonds is 2. The Balaban J connectivity index is 2.20. The molecule has 0 spiro atoms. The summed E-state index contributed by atoms with van der Waals surface area (Å²) in [5.41, 5.74) is -0.768. The van der Waals surface area contributed by atoms with Crippen molar-refractivity contribution < 1.29 is 13.2 Å². The van der Waals surface area contributed by atoms with Gasteiger partial charge in [-0.05, 0) is 30.9 Å². The number of hydrogen-bond donors (Lipinski definition) is 1. The van der Waals surface area contributed by atoms with Gasteiger partial charge in [-0.15, -0.1) is 0 Å². The van der Waals surface area contributed by atoms with E-state index in [1.54, 1.807) is 0 Å². The molecule has 1 aliphatic carbocycles. The molecule has 1 fully saturated rings. The van der Waals surface area contributed by atoms with Crippen LogP contribution in [0.2, 0.25) is 5.15 Å². The van der Waals surface area contributed by atoms with E-state index in [4.69, 9.17) is 11.6 Å². The molecule has 6 heteroatoms. The predicted molar refractivity (Wildman–Crippen MR) is 64.7 cm³/mol. The Morgan fingerprint density at radius 3 is 2.61 bits per heavy atom. The molecular formula is C12H14ClF3N2. The third-order valence-electron chi connectivity index (χ3n) is 3.32. The van der Waals surface area contributed by atoms with E-state index in [0.717, 1.165) is 31.4 Å². The summed E-state index contributed by atoms with van der Waals surface area (Å²) < 4.78 is 37.9. The maximum absolute atomic E-state index is 12.6. The quantitative estimate of drug-likeness (QED) is 0.813. The van der Waals surface area contributed by atoms with E-state index in [-0.39, 0.29) is 17.0 Å². The summed E-state index contributed by atoms with van der Waals surface area (Å²) in [5, 5.41) is 2.91. The Bertz CT molecular complexity index is 434. The third-order valence-corrected chi connectivity index (χ3v) is 3.51. The molecule has 0 bridgehead atoms. The minimum Gasteiger partial charge on any atom is -0.367 e. The summed E-state index contributed by atoms with van der Waals surface area (Å²) in [7, 11) is 0. The van der Waals surface area contributed by atoms with Crippen molar-refractivity contribution in [3.8, 4) is 0 Å². The minimum atomic E-state index is -4.40. The predicted octanol–water partition coefficient (Wildman–Crippen LogP) is 4.35. The van der Waals surface area contributed by atoms with Gasteiger partial charge < -0.3 is 5.32 Å². The number of pyridine rings is 1. The first kappa shape index (κ1) is 13.5. The maximum Gasteiger partial charge on any atom is 0.416 e. The number of alkyl halides is 3. The molecule has 0 aliphatic heterocycles. The van der Waals surface area contributed by atoms with Gasteiger partial charge in [0, 0.05) is 6.04 Å². The lowest BCUT2D eigenvalue weighted by atomic mass is 10.1. The molecule has 1 N–H and O–H groups in total. The van der Waals surface area contributed by atoms with E-state index in [2.05, 4.69) is 17.2 Å². The molecule has 1 saturated carbocycles.